The van der Waals surface area contributed by atoms with E-state index in [0.717, 1.165) is 0 Å². The molecule has 0 unspecified atom stereocenters. The molecule has 1 aromatic heterocycles. The summed E-state index contributed by atoms with van der Waals surface area (Å²) in [4.78, 5) is 29.2. The number of halogens is 2. The third kappa shape index (κ3) is 6.85. The molecule has 0 saturated carbocycles. The largest absolute Gasteiger partial charge is 0.456 e. The van der Waals surface area contributed by atoms with Crippen molar-refractivity contribution in [1.82, 2.24) is 4.98 Å². The predicted molar refractivity (Wildman–Crippen MR) is 108 cm³/mol. The second kappa shape index (κ2) is 7.84. The van der Waals surface area contributed by atoms with Gasteiger partial charge in [0.1, 0.15) is 27.1 Å². The van der Waals surface area contributed by atoms with Crippen LogP contribution in [-0.4, -0.2) is 28.2 Å². The second-order valence-corrected chi connectivity index (χ2v) is 9.91. The van der Waals surface area contributed by atoms with Gasteiger partial charge < -0.3 is 9.47 Å². The van der Waals surface area contributed by atoms with Crippen molar-refractivity contribution < 1.29 is 19.1 Å². The summed E-state index contributed by atoms with van der Waals surface area (Å²) >= 11 is 12.5. The van der Waals surface area contributed by atoms with Crippen LogP contribution in [-0.2, 0) is 14.9 Å². The normalized spacial score (nSPS) is 12.6. The molecule has 1 amide bonds. The first-order valence-electron chi connectivity index (χ1n) is 8.55. The minimum absolute atomic E-state index is 0.0632. The molecule has 0 aliphatic carbocycles. The number of nitrogens with zero attached hydrogens (tertiary/aromatic N) is 1. The molecule has 0 bridgehead atoms. The van der Waals surface area contributed by atoms with E-state index in [2.05, 4.69) is 10.3 Å². The van der Waals surface area contributed by atoms with Crippen LogP contribution >= 0.6 is 23.2 Å². The number of anilines is 1. The Hall–Kier alpha value is -1.53. The number of amides is 1. The lowest BCUT2D eigenvalue weighted by molar-refractivity contribution is 0.00704. The fourth-order valence-corrected chi connectivity index (χ4v) is 3.02. The summed E-state index contributed by atoms with van der Waals surface area (Å²) < 4.78 is 10.8. The Labute approximate surface area is 170 Å². The van der Waals surface area contributed by atoms with E-state index in [0.29, 0.717) is 5.56 Å². The van der Waals surface area contributed by atoms with Gasteiger partial charge in [-0.25, -0.2) is 14.6 Å². The Balaban J connectivity index is 3.62. The van der Waals surface area contributed by atoms with Crippen molar-refractivity contribution in [3.8, 4) is 0 Å². The monoisotopic (exact) mass is 418 g/mol. The molecule has 8 heteroatoms. The topological polar surface area (TPSA) is 77.5 Å². The number of carbonyl (C=O) groups is 2. The molecule has 0 aromatic carbocycles. The maximum absolute atomic E-state index is 12.8. The van der Waals surface area contributed by atoms with Crippen molar-refractivity contribution in [1.29, 1.82) is 0 Å². The third-order valence-corrected chi connectivity index (χ3v) is 3.63. The van der Waals surface area contributed by atoms with Crippen molar-refractivity contribution in [2.45, 2.75) is 78.9 Å². The summed E-state index contributed by atoms with van der Waals surface area (Å²) in [7, 11) is 0. The van der Waals surface area contributed by atoms with Gasteiger partial charge >= 0.3 is 12.1 Å². The molecule has 1 N–H and O–H groups in total. The highest BCUT2D eigenvalue weighted by molar-refractivity contribution is 6.36. The van der Waals surface area contributed by atoms with E-state index >= 15 is 0 Å². The lowest BCUT2D eigenvalue weighted by Crippen LogP contribution is -2.31. The average Bonchev–Trinajstić information content (AvgIpc) is 2.30. The van der Waals surface area contributed by atoms with Crippen LogP contribution in [0.25, 0.3) is 0 Å². The molecule has 0 atom stereocenters. The lowest BCUT2D eigenvalue weighted by Gasteiger charge is -2.28. The Morgan fingerprint density at radius 1 is 0.852 bits per heavy atom. The van der Waals surface area contributed by atoms with E-state index in [1.807, 2.05) is 20.8 Å². The summed E-state index contributed by atoms with van der Waals surface area (Å²) in [6, 6.07) is 0. The van der Waals surface area contributed by atoms with Gasteiger partial charge in [-0.3, -0.25) is 5.32 Å². The van der Waals surface area contributed by atoms with Crippen molar-refractivity contribution in [3.63, 3.8) is 0 Å². The highest BCUT2D eigenvalue weighted by atomic mass is 35.5. The highest BCUT2D eigenvalue weighted by Crippen LogP contribution is 2.40. The number of rotatable bonds is 2. The summed E-state index contributed by atoms with van der Waals surface area (Å²) in [6.45, 7) is 16.0. The Bertz CT molecular complexity index is 742. The first kappa shape index (κ1) is 23.5. The van der Waals surface area contributed by atoms with Crippen LogP contribution in [0, 0.1) is 0 Å². The molecule has 27 heavy (non-hydrogen) atoms. The van der Waals surface area contributed by atoms with Gasteiger partial charge in [0.25, 0.3) is 0 Å². The fraction of sp³-hybridized carbons (Fsp3) is 0.632. The van der Waals surface area contributed by atoms with E-state index in [1.165, 1.54) is 0 Å². The van der Waals surface area contributed by atoms with Gasteiger partial charge in [0, 0.05) is 5.56 Å². The van der Waals surface area contributed by atoms with Crippen LogP contribution < -0.4 is 5.32 Å². The summed E-state index contributed by atoms with van der Waals surface area (Å²) in [5.74, 6) is -0.715. The molecule has 1 aromatic rings. The smallest absolute Gasteiger partial charge is 0.412 e. The minimum atomic E-state index is -0.759. The van der Waals surface area contributed by atoms with Gasteiger partial charge in [0.2, 0.25) is 0 Å². The number of aromatic nitrogens is 1. The highest BCUT2D eigenvalue weighted by Gasteiger charge is 2.33. The number of hydrogen-bond donors (Lipinski definition) is 1. The molecule has 0 aliphatic heterocycles. The van der Waals surface area contributed by atoms with E-state index in [9.17, 15) is 9.59 Å². The third-order valence-electron chi connectivity index (χ3n) is 3.09. The zero-order valence-electron chi connectivity index (χ0n) is 17.3. The zero-order valence-corrected chi connectivity index (χ0v) is 18.8. The van der Waals surface area contributed by atoms with Crippen molar-refractivity contribution in [2.75, 3.05) is 5.32 Å². The number of nitrogens with one attached hydrogen (secondary N) is 1. The van der Waals surface area contributed by atoms with E-state index in [-0.39, 0.29) is 21.6 Å². The molecule has 1 rings (SSSR count). The second-order valence-electron chi connectivity index (χ2n) is 9.20. The molecule has 6 nitrogen and oxygen atoms in total. The van der Waals surface area contributed by atoms with Crippen LogP contribution in [0.1, 0.15) is 78.2 Å². The van der Waals surface area contributed by atoms with E-state index in [1.54, 1.807) is 41.5 Å². The SMILES string of the molecule is CC(C)(C)OC(=O)Nc1c(C(=O)OC(C)(C)C)c(Cl)nc(Cl)c1C(C)(C)C. The molecule has 152 valence electrons. The van der Waals surface area contributed by atoms with Gasteiger partial charge in [-0.05, 0) is 47.0 Å². The van der Waals surface area contributed by atoms with Crippen LogP contribution in [0.3, 0.4) is 0 Å². The van der Waals surface area contributed by atoms with Crippen LogP contribution in [0.15, 0.2) is 0 Å². The van der Waals surface area contributed by atoms with E-state index in [4.69, 9.17) is 32.7 Å². The molecular weight excluding hydrogens is 391 g/mol. The quantitative estimate of drug-likeness (QED) is 0.471. The summed E-state index contributed by atoms with van der Waals surface area (Å²) in [5, 5.41) is 2.55. The Morgan fingerprint density at radius 3 is 1.74 bits per heavy atom. The Kier molecular flexibility index (Phi) is 6.82. The fourth-order valence-electron chi connectivity index (χ4n) is 2.26. The van der Waals surface area contributed by atoms with Crippen LogP contribution in [0.5, 0.6) is 0 Å². The summed E-state index contributed by atoms with van der Waals surface area (Å²) in [5.41, 5.74) is -1.50. The predicted octanol–water partition coefficient (Wildman–Crippen LogP) is 5.99. The van der Waals surface area contributed by atoms with Crippen LogP contribution in [0.2, 0.25) is 10.3 Å². The first-order valence-corrected chi connectivity index (χ1v) is 9.31. The van der Waals surface area contributed by atoms with Crippen molar-refractivity contribution in [2.24, 2.45) is 0 Å². The van der Waals surface area contributed by atoms with Gasteiger partial charge in [0.15, 0.2) is 0 Å². The molecule has 0 spiro atoms. The number of pyridine rings is 1. The molecular formula is C19H28Cl2N2O4. The number of carbonyl (C=O) groups excluding carboxylic acids is 2. The zero-order chi connectivity index (χ0) is 21.4. The maximum atomic E-state index is 12.8. The summed E-state index contributed by atoms with van der Waals surface area (Å²) in [6.07, 6.45) is -0.740. The molecule has 0 saturated heterocycles. The Morgan fingerprint density at radius 2 is 1.33 bits per heavy atom. The van der Waals surface area contributed by atoms with Gasteiger partial charge in [-0.2, -0.15) is 0 Å². The number of ether oxygens (including phenoxy) is 2. The molecule has 0 fully saturated rings. The standard InChI is InChI=1S/C19H28Cl2N2O4/c1-17(2,3)11-12(22-16(25)27-19(7,8)9)10(13(20)23-14(11)21)15(24)26-18(4,5)6/h1-9H3,(H,22,23,25). The van der Waals surface area contributed by atoms with Crippen molar-refractivity contribution >= 4 is 41.0 Å². The van der Waals surface area contributed by atoms with Gasteiger partial charge in [-0.1, -0.05) is 44.0 Å². The van der Waals surface area contributed by atoms with Gasteiger partial charge in [-0.15, -0.1) is 0 Å². The lowest BCUT2D eigenvalue weighted by atomic mass is 9.85. The minimum Gasteiger partial charge on any atom is -0.456 e. The average molecular weight is 419 g/mol. The number of esters is 1. The number of hydrogen-bond acceptors (Lipinski definition) is 5. The van der Waals surface area contributed by atoms with Crippen LogP contribution in [0.4, 0.5) is 10.5 Å². The molecule has 0 radical (unpaired) electrons. The van der Waals surface area contributed by atoms with E-state index < -0.39 is 28.7 Å². The maximum Gasteiger partial charge on any atom is 0.412 e. The first-order chi connectivity index (χ1) is 11.9. The van der Waals surface area contributed by atoms with Crippen molar-refractivity contribution in [3.05, 3.63) is 21.4 Å². The molecule has 1 heterocycles. The molecule has 0 aliphatic rings. The van der Waals surface area contributed by atoms with Gasteiger partial charge in [0.05, 0.1) is 5.69 Å².